The van der Waals surface area contributed by atoms with E-state index in [1.54, 1.807) is 13.2 Å². The van der Waals surface area contributed by atoms with Crippen LogP contribution < -0.4 is 15.0 Å². The van der Waals surface area contributed by atoms with E-state index in [2.05, 4.69) is 5.32 Å². The van der Waals surface area contributed by atoms with Crippen molar-refractivity contribution in [1.82, 2.24) is 9.88 Å². The van der Waals surface area contributed by atoms with E-state index in [9.17, 15) is 14.0 Å². The summed E-state index contributed by atoms with van der Waals surface area (Å²) in [6.45, 7) is 3.83. The van der Waals surface area contributed by atoms with Gasteiger partial charge in [-0.2, -0.15) is 0 Å². The lowest BCUT2D eigenvalue weighted by molar-refractivity contribution is -0.122. The van der Waals surface area contributed by atoms with Crippen LogP contribution in [0.15, 0.2) is 60.2 Å². The van der Waals surface area contributed by atoms with E-state index in [0.717, 1.165) is 27.7 Å². The number of anilines is 1. The molecule has 162 valence electrons. The minimum Gasteiger partial charge on any atom is -0.497 e. The van der Waals surface area contributed by atoms with Gasteiger partial charge in [0.05, 0.1) is 12.8 Å². The number of nitrogens with zero attached hydrogens (tertiary/aromatic N) is 2. The van der Waals surface area contributed by atoms with E-state index in [1.165, 1.54) is 24.3 Å². The molecule has 0 spiro atoms. The average Bonchev–Trinajstić information content (AvgIpc) is 3.05. The van der Waals surface area contributed by atoms with Crippen molar-refractivity contribution in [2.75, 3.05) is 12.0 Å². The molecule has 6 nitrogen and oxygen atoms in total. The van der Waals surface area contributed by atoms with E-state index in [4.69, 9.17) is 17.0 Å². The highest BCUT2D eigenvalue weighted by Gasteiger charge is 2.35. The first-order valence-corrected chi connectivity index (χ1v) is 10.2. The van der Waals surface area contributed by atoms with Gasteiger partial charge in [-0.15, -0.1) is 0 Å². The number of benzene rings is 2. The third kappa shape index (κ3) is 3.69. The Morgan fingerprint density at radius 2 is 1.75 bits per heavy atom. The van der Waals surface area contributed by atoms with Crippen molar-refractivity contribution in [3.05, 3.63) is 82.9 Å². The van der Waals surface area contributed by atoms with E-state index in [1.807, 2.05) is 48.7 Å². The maximum Gasteiger partial charge on any atom is 0.270 e. The summed E-state index contributed by atoms with van der Waals surface area (Å²) in [6.07, 6.45) is 1.51. The Labute approximate surface area is 189 Å². The van der Waals surface area contributed by atoms with Gasteiger partial charge in [-0.1, -0.05) is 12.1 Å². The molecule has 0 aliphatic carbocycles. The normalized spacial score (nSPS) is 15.3. The first kappa shape index (κ1) is 21.5. The molecule has 0 saturated carbocycles. The number of thiocarbonyl (C=S) groups is 1. The van der Waals surface area contributed by atoms with Crippen LogP contribution in [0.1, 0.15) is 17.0 Å². The summed E-state index contributed by atoms with van der Waals surface area (Å²) < 4.78 is 21.6. The molecule has 0 unspecified atom stereocenters. The van der Waals surface area contributed by atoms with Gasteiger partial charge >= 0.3 is 0 Å². The third-order valence-corrected chi connectivity index (χ3v) is 5.58. The van der Waals surface area contributed by atoms with Crippen molar-refractivity contribution in [2.45, 2.75) is 13.8 Å². The third-order valence-electron chi connectivity index (χ3n) is 5.30. The predicted octanol–water partition coefficient (Wildman–Crippen LogP) is 4.07. The van der Waals surface area contributed by atoms with Crippen molar-refractivity contribution >= 4 is 40.9 Å². The average molecular weight is 450 g/mol. The van der Waals surface area contributed by atoms with Crippen LogP contribution in [-0.4, -0.2) is 28.6 Å². The van der Waals surface area contributed by atoms with Gasteiger partial charge in [-0.3, -0.25) is 14.9 Å². The summed E-state index contributed by atoms with van der Waals surface area (Å²) in [5.41, 5.74) is 3.22. The summed E-state index contributed by atoms with van der Waals surface area (Å²) in [7, 11) is 1.61. The molecular formula is C24H20FN3O3S. The Bertz CT molecular complexity index is 1280. The molecule has 3 aromatic rings. The van der Waals surface area contributed by atoms with Gasteiger partial charge in [0.2, 0.25) is 0 Å². The fourth-order valence-corrected chi connectivity index (χ4v) is 4.00. The Morgan fingerprint density at radius 1 is 1.06 bits per heavy atom. The van der Waals surface area contributed by atoms with E-state index in [0.29, 0.717) is 5.56 Å². The van der Waals surface area contributed by atoms with Crippen LogP contribution in [0.5, 0.6) is 5.75 Å². The number of carbonyl (C=O) groups is 2. The molecule has 0 bridgehead atoms. The highest BCUT2D eigenvalue weighted by Crippen LogP contribution is 2.27. The van der Waals surface area contributed by atoms with E-state index in [-0.39, 0.29) is 16.4 Å². The standard InChI is InChI=1S/C24H20FN3O3S/c1-14-12-16(15(2)27(14)17-8-10-18(31-3)11-9-17)13-19-22(29)26-24(32)28(23(19)30)21-7-5-4-6-20(21)25/h4-13H,1-3H3,(H,26,29,32). The van der Waals surface area contributed by atoms with Gasteiger partial charge in [0.25, 0.3) is 11.8 Å². The Hall–Kier alpha value is -3.78. The summed E-state index contributed by atoms with van der Waals surface area (Å²) >= 11 is 5.14. The fourth-order valence-electron chi connectivity index (χ4n) is 3.73. The molecule has 4 rings (SSSR count). The van der Waals surface area contributed by atoms with Gasteiger partial charge in [-0.05, 0) is 80.2 Å². The topological polar surface area (TPSA) is 63.6 Å². The number of aromatic nitrogens is 1. The van der Waals surface area contributed by atoms with Gasteiger partial charge in [0.15, 0.2) is 5.11 Å². The first-order valence-electron chi connectivity index (χ1n) is 9.81. The fraction of sp³-hybridized carbons (Fsp3) is 0.125. The molecule has 1 fully saturated rings. The van der Waals surface area contributed by atoms with Gasteiger partial charge in [0.1, 0.15) is 17.1 Å². The molecule has 1 aromatic heterocycles. The monoisotopic (exact) mass is 449 g/mol. The maximum absolute atomic E-state index is 14.3. The minimum atomic E-state index is -0.682. The van der Waals surface area contributed by atoms with Crippen molar-refractivity contribution in [3.8, 4) is 11.4 Å². The number of carbonyl (C=O) groups excluding carboxylic acids is 2. The maximum atomic E-state index is 14.3. The van der Waals surface area contributed by atoms with Crippen molar-refractivity contribution in [1.29, 1.82) is 0 Å². The van der Waals surface area contributed by atoms with Gasteiger partial charge in [0, 0.05) is 17.1 Å². The summed E-state index contributed by atoms with van der Waals surface area (Å²) in [6, 6.07) is 15.2. The molecule has 2 amide bonds. The lowest BCUT2D eigenvalue weighted by Crippen LogP contribution is -2.54. The Morgan fingerprint density at radius 3 is 2.41 bits per heavy atom. The zero-order valence-corrected chi connectivity index (χ0v) is 18.5. The number of amides is 2. The number of methoxy groups -OCH3 is 1. The summed E-state index contributed by atoms with van der Waals surface area (Å²) in [5.74, 6) is -1.18. The zero-order valence-electron chi connectivity index (χ0n) is 17.7. The number of halogens is 1. The summed E-state index contributed by atoms with van der Waals surface area (Å²) in [4.78, 5) is 26.8. The second-order valence-corrected chi connectivity index (χ2v) is 7.66. The number of aryl methyl sites for hydroxylation is 1. The van der Waals surface area contributed by atoms with E-state index < -0.39 is 17.6 Å². The number of hydrogen-bond donors (Lipinski definition) is 1. The molecule has 1 aliphatic heterocycles. The molecule has 1 N–H and O–H groups in total. The highest BCUT2D eigenvalue weighted by molar-refractivity contribution is 7.80. The molecule has 1 aliphatic rings. The lowest BCUT2D eigenvalue weighted by Gasteiger charge is -2.29. The number of nitrogens with one attached hydrogen (secondary N) is 1. The quantitative estimate of drug-likeness (QED) is 0.371. The highest BCUT2D eigenvalue weighted by atomic mass is 32.1. The molecular weight excluding hydrogens is 429 g/mol. The number of ether oxygens (including phenoxy) is 1. The Balaban J connectivity index is 1.76. The molecule has 1 saturated heterocycles. The van der Waals surface area contributed by atoms with Crippen LogP contribution >= 0.6 is 12.2 Å². The number of hydrogen-bond acceptors (Lipinski definition) is 4. The first-order chi connectivity index (χ1) is 15.3. The lowest BCUT2D eigenvalue weighted by atomic mass is 10.1. The molecule has 8 heteroatoms. The minimum absolute atomic E-state index is 0.0166. The van der Waals surface area contributed by atoms with E-state index >= 15 is 0 Å². The van der Waals surface area contributed by atoms with Crippen molar-refractivity contribution in [3.63, 3.8) is 0 Å². The number of rotatable bonds is 4. The SMILES string of the molecule is COc1ccc(-n2c(C)cc(C=C3C(=O)NC(=S)N(c4ccccc4F)C3=O)c2C)cc1. The van der Waals surface area contributed by atoms with Crippen LogP contribution in [0.2, 0.25) is 0 Å². The second kappa shape index (κ2) is 8.39. The second-order valence-electron chi connectivity index (χ2n) is 7.27. The van der Waals surface area contributed by atoms with Gasteiger partial charge in [-0.25, -0.2) is 9.29 Å². The van der Waals surface area contributed by atoms with Crippen LogP contribution in [0.4, 0.5) is 10.1 Å². The van der Waals surface area contributed by atoms with Crippen LogP contribution in [0, 0.1) is 19.7 Å². The smallest absolute Gasteiger partial charge is 0.270 e. The van der Waals surface area contributed by atoms with Crippen LogP contribution in [0.3, 0.4) is 0 Å². The summed E-state index contributed by atoms with van der Waals surface area (Å²) in [5, 5.41) is 2.32. The van der Waals surface area contributed by atoms with Crippen molar-refractivity contribution in [2.24, 2.45) is 0 Å². The molecule has 0 atom stereocenters. The predicted molar refractivity (Wildman–Crippen MR) is 124 cm³/mol. The van der Waals surface area contributed by atoms with Gasteiger partial charge < -0.3 is 9.30 Å². The number of para-hydroxylation sites is 1. The molecule has 2 aromatic carbocycles. The zero-order chi connectivity index (χ0) is 23.0. The molecule has 32 heavy (non-hydrogen) atoms. The van der Waals surface area contributed by atoms with Crippen molar-refractivity contribution < 1.29 is 18.7 Å². The molecule has 2 heterocycles. The van der Waals surface area contributed by atoms with Crippen LogP contribution in [-0.2, 0) is 9.59 Å². The van der Waals surface area contributed by atoms with Crippen LogP contribution in [0.25, 0.3) is 11.8 Å². The largest absolute Gasteiger partial charge is 0.497 e. The Kier molecular flexibility index (Phi) is 5.63. The molecule has 0 radical (unpaired) electrons.